The first-order valence-electron chi connectivity index (χ1n) is 9.68. The van der Waals surface area contributed by atoms with Crippen molar-refractivity contribution in [2.45, 2.75) is 64.1 Å². The summed E-state index contributed by atoms with van der Waals surface area (Å²) in [4.78, 5) is 15.0. The van der Waals surface area contributed by atoms with Crippen LogP contribution in [0.1, 0.15) is 56.7 Å². The van der Waals surface area contributed by atoms with Gasteiger partial charge < -0.3 is 14.2 Å². The zero-order valence-electron chi connectivity index (χ0n) is 15.3. The van der Waals surface area contributed by atoms with Crippen LogP contribution in [0.5, 0.6) is 5.75 Å². The van der Waals surface area contributed by atoms with Gasteiger partial charge >= 0.3 is 0 Å². The molecule has 26 heavy (non-hydrogen) atoms. The second kappa shape index (κ2) is 7.48. The molecule has 2 atom stereocenters. The minimum Gasteiger partial charge on any atom is -0.481 e. The summed E-state index contributed by atoms with van der Waals surface area (Å²) < 4.78 is 8.11. The topological polar surface area (TPSA) is 60.2 Å². The molecular weight excluding hydrogens is 328 g/mol. The molecule has 0 spiro atoms. The highest BCUT2D eigenvalue weighted by molar-refractivity contribution is 5.81. The van der Waals surface area contributed by atoms with Crippen molar-refractivity contribution in [2.75, 3.05) is 6.54 Å². The van der Waals surface area contributed by atoms with Crippen LogP contribution < -0.4 is 4.74 Å². The highest BCUT2D eigenvalue weighted by Crippen LogP contribution is 2.33. The number of carbonyl (C=O) groups excluding carboxylic acids is 1. The fraction of sp³-hybridized carbons (Fsp3) is 0.550. The molecule has 0 unspecified atom stereocenters. The van der Waals surface area contributed by atoms with Gasteiger partial charge in [0.15, 0.2) is 11.9 Å². The number of amides is 1. The molecule has 0 N–H and O–H groups in total. The second-order valence-electron chi connectivity index (χ2n) is 7.20. The summed E-state index contributed by atoms with van der Waals surface area (Å²) in [7, 11) is 0. The average Bonchev–Trinajstić information content (AvgIpc) is 3.22. The maximum atomic E-state index is 13.0. The standard InChI is InChI=1S/C20H26N4O2/c1-15(26-16-9-4-2-5-10-16)20(25)23-14-8-11-17(23)19-22-21-18-12-6-3-7-13-24(18)19/h2,4-5,9-10,15,17H,3,6-8,11-14H2,1H3/t15-,17+/m0/s1. The number of fused-ring (bicyclic) bond motifs is 1. The molecule has 3 heterocycles. The van der Waals surface area contributed by atoms with Gasteiger partial charge in [0.25, 0.3) is 5.91 Å². The van der Waals surface area contributed by atoms with Gasteiger partial charge in [-0.3, -0.25) is 4.79 Å². The maximum absolute atomic E-state index is 13.0. The van der Waals surface area contributed by atoms with E-state index in [9.17, 15) is 4.79 Å². The smallest absolute Gasteiger partial charge is 0.263 e. The molecule has 6 nitrogen and oxygen atoms in total. The van der Waals surface area contributed by atoms with E-state index in [2.05, 4.69) is 14.8 Å². The number of hydrogen-bond donors (Lipinski definition) is 0. The Morgan fingerprint density at radius 3 is 2.81 bits per heavy atom. The molecule has 2 aromatic rings. The Kier molecular flexibility index (Phi) is 4.91. The molecule has 4 rings (SSSR count). The fourth-order valence-electron chi connectivity index (χ4n) is 4.04. The van der Waals surface area contributed by atoms with Gasteiger partial charge in [0.2, 0.25) is 0 Å². The minimum absolute atomic E-state index is 0.0173. The Morgan fingerprint density at radius 2 is 1.96 bits per heavy atom. The lowest BCUT2D eigenvalue weighted by Crippen LogP contribution is -2.40. The van der Waals surface area contributed by atoms with Crippen LogP contribution in [0.25, 0.3) is 0 Å². The summed E-state index contributed by atoms with van der Waals surface area (Å²) in [5.41, 5.74) is 0. The number of likely N-dealkylation sites (tertiary alicyclic amines) is 1. The van der Waals surface area contributed by atoms with Gasteiger partial charge in [-0.2, -0.15) is 0 Å². The van der Waals surface area contributed by atoms with Crippen LogP contribution in [0, 0.1) is 0 Å². The van der Waals surface area contributed by atoms with E-state index in [0.717, 1.165) is 56.2 Å². The van der Waals surface area contributed by atoms with Crippen molar-refractivity contribution >= 4 is 5.91 Å². The van der Waals surface area contributed by atoms with Crippen molar-refractivity contribution in [1.29, 1.82) is 0 Å². The average molecular weight is 354 g/mol. The van der Waals surface area contributed by atoms with Crippen LogP contribution in [0.2, 0.25) is 0 Å². The van der Waals surface area contributed by atoms with E-state index >= 15 is 0 Å². The van der Waals surface area contributed by atoms with Crippen LogP contribution in [-0.2, 0) is 17.8 Å². The highest BCUT2D eigenvalue weighted by Gasteiger charge is 2.36. The van der Waals surface area contributed by atoms with Crippen molar-refractivity contribution < 1.29 is 9.53 Å². The van der Waals surface area contributed by atoms with Crippen LogP contribution in [-0.4, -0.2) is 38.2 Å². The number of benzene rings is 1. The monoisotopic (exact) mass is 354 g/mol. The van der Waals surface area contributed by atoms with Crippen LogP contribution in [0.15, 0.2) is 30.3 Å². The Morgan fingerprint density at radius 1 is 1.12 bits per heavy atom. The third-order valence-corrected chi connectivity index (χ3v) is 5.38. The number of carbonyl (C=O) groups is 1. The number of ether oxygens (including phenoxy) is 1. The number of aryl methyl sites for hydroxylation is 1. The molecule has 0 radical (unpaired) electrons. The summed E-state index contributed by atoms with van der Waals surface area (Å²) in [5, 5.41) is 8.89. The van der Waals surface area contributed by atoms with Gasteiger partial charge in [0, 0.05) is 19.5 Å². The van der Waals surface area contributed by atoms with Gasteiger partial charge in [0.05, 0.1) is 6.04 Å². The van der Waals surface area contributed by atoms with Crippen molar-refractivity contribution in [3.05, 3.63) is 42.0 Å². The highest BCUT2D eigenvalue weighted by atomic mass is 16.5. The molecule has 2 aliphatic heterocycles. The Bertz CT molecular complexity index is 758. The first-order chi connectivity index (χ1) is 12.7. The van der Waals surface area contributed by atoms with Crippen molar-refractivity contribution in [3.8, 4) is 5.75 Å². The van der Waals surface area contributed by atoms with Crippen LogP contribution >= 0.6 is 0 Å². The summed E-state index contributed by atoms with van der Waals surface area (Å²) in [5.74, 6) is 2.79. The largest absolute Gasteiger partial charge is 0.481 e. The molecule has 1 aromatic heterocycles. The first-order valence-corrected chi connectivity index (χ1v) is 9.68. The molecule has 6 heteroatoms. The molecule has 0 saturated carbocycles. The summed E-state index contributed by atoms with van der Waals surface area (Å²) in [6.45, 7) is 3.55. The first kappa shape index (κ1) is 17.1. The number of aromatic nitrogens is 3. The van der Waals surface area contributed by atoms with Gasteiger partial charge in [-0.1, -0.05) is 24.6 Å². The molecule has 138 valence electrons. The lowest BCUT2D eigenvalue weighted by atomic mass is 10.2. The van der Waals surface area contributed by atoms with E-state index in [1.54, 1.807) is 0 Å². The van der Waals surface area contributed by atoms with Gasteiger partial charge in [-0.15, -0.1) is 10.2 Å². The van der Waals surface area contributed by atoms with Gasteiger partial charge in [0.1, 0.15) is 11.6 Å². The van der Waals surface area contributed by atoms with E-state index in [4.69, 9.17) is 4.74 Å². The zero-order chi connectivity index (χ0) is 17.9. The third-order valence-electron chi connectivity index (χ3n) is 5.38. The molecule has 1 fully saturated rings. The Hall–Kier alpha value is -2.37. The summed E-state index contributed by atoms with van der Waals surface area (Å²) >= 11 is 0. The SMILES string of the molecule is C[C@H](Oc1ccccc1)C(=O)N1CCC[C@@H]1c1nnc2n1CCCCC2. The van der Waals surface area contributed by atoms with E-state index in [1.807, 2.05) is 42.2 Å². The zero-order valence-corrected chi connectivity index (χ0v) is 15.3. The lowest BCUT2D eigenvalue weighted by molar-refractivity contribution is -0.139. The number of hydrogen-bond acceptors (Lipinski definition) is 4. The Balaban J connectivity index is 1.51. The lowest BCUT2D eigenvalue weighted by Gasteiger charge is -2.27. The van der Waals surface area contributed by atoms with Crippen molar-refractivity contribution in [2.24, 2.45) is 0 Å². The fourth-order valence-corrected chi connectivity index (χ4v) is 4.04. The predicted octanol–water partition coefficient (Wildman–Crippen LogP) is 3.14. The van der Waals surface area contributed by atoms with Crippen molar-refractivity contribution in [3.63, 3.8) is 0 Å². The normalized spacial score (nSPS) is 21.1. The molecule has 1 saturated heterocycles. The van der Waals surface area contributed by atoms with E-state index < -0.39 is 6.10 Å². The second-order valence-corrected chi connectivity index (χ2v) is 7.20. The number of para-hydroxylation sites is 1. The van der Waals surface area contributed by atoms with Crippen LogP contribution in [0.4, 0.5) is 0 Å². The van der Waals surface area contributed by atoms with Crippen molar-refractivity contribution in [1.82, 2.24) is 19.7 Å². The van der Waals surface area contributed by atoms with E-state index in [-0.39, 0.29) is 11.9 Å². The molecule has 1 amide bonds. The van der Waals surface area contributed by atoms with Gasteiger partial charge in [-0.25, -0.2) is 0 Å². The van der Waals surface area contributed by atoms with E-state index in [1.165, 1.54) is 12.8 Å². The molecule has 0 bridgehead atoms. The Labute approximate surface area is 154 Å². The maximum Gasteiger partial charge on any atom is 0.263 e. The van der Waals surface area contributed by atoms with Gasteiger partial charge in [-0.05, 0) is 44.7 Å². The summed E-state index contributed by atoms with van der Waals surface area (Å²) in [6.07, 6.45) is 5.99. The molecule has 0 aliphatic carbocycles. The van der Waals surface area contributed by atoms with Crippen LogP contribution in [0.3, 0.4) is 0 Å². The molecular formula is C20H26N4O2. The number of nitrogens with zero attached hydrogens (tertiary/aromatic N) is 4. The minimum atomic E-state index is -0.510. The summed E-state index contributed by atoms with van der Waals surface area (Å²) in [6, 6.07) is 9.54. The molecule has 2 aliphatic rings. The van der Waals surface area contributed by atoms with E-state index in [0.29, 0.717) is 0 Å². The third kappa shape index (κ3) is 3.32. The predicted molar refractivity (Wildman–Crippen MR) is 97.8 cm³/mol. The number of rotatable bonds is 4. The quantitative estimate of drug-likeness (QED) is 0.846. The molecule has 1 aromatic carbocycles.